The van der Waals surface area contributed by atoms with E-state index in [-0.39, 0.29) is 5.70 Å². The maximum atomic E-state index is 12.0. The molecule has 0 aromatic carbocycles. The molecule has 1 aliphatic heterocycles. The monoisotopic (exact) mass is 195 g/mol. The number of allylic oxidation sites excluding steroid dienone is 1. The highest BCUT2D eigenvalue weighted by Crippen LogP contribution is 2.33. The summed E-state index contributed by atoms with van der Waals surface area (Å²) in [7, 11) is 0. The molecule has 1 atom stereocenters. The lowest BCUT2D eigenvalue weighted by Crippen LogP contribution is -2.43. The lowest BCUT2D eigenvalue weighted by molar-refractivity contribution is -0.140. The molecule has 0 fully saturated rings. The fraction of sp³-hybridized carbons (Fsp3) is 0.500. The van der Waals surface area contributed by atoms with Crippen LogP contribution in [0.1, 0.15) is 6.92 Å². The second-order valence-electron chi connectivity index (χ2n) is 2.46. The highest BCUT2D eigenvalue weighted by molar-refractivity contribution is 8.04. The van der Waals surface area contributed by atoms with Crippen molar-refractivity contribution in [1.29, 1.82) is 0 Å². The van der Waals surface area contributed by atoms with E-state index in [1.54, 1.807) is 0 Å². The Morgan fingerprint density at radius 2 is 2.42 bits per heavy atom. The molecular formula is C6H7F2NO2S. The number of aliphatic carboxylic acids is 1. The van der Waals surface area contributed by atoms with Crippen molar-refractivity contribution in [1.82, 2.24) is 5.32 Å². The number of nitrogens with one attached hydrogen (secondary N) is 1. The summed E-state index contributed by atoms with van der Waals surface area (Å²) in [5.74, 6) is -1.15. The molecule has 0 amide bonds. The first-order valence-electron chi connectivity index (χ1n) is 3.13. The molecule has 0 radical (unpaired) electrons. The van der Waals surface area contributed by atoms with Crippen molar-refractivity contribution in [3.8, 4) is 0 Å². The summed E-state index contributed by atoms with van der Waals surface area (Å²) in [6, 6.07) is 0. The predicted octanol–water partition coefficient (Wildman–Crippen LogP) is 1.23. The van der Waals surface area contributed by atoms with Crippen LogP contribution in [0, 0.1) is 0 Å². The van der Waals surface area contributed by atoms with E-state index < -0.39 is 17.3 Å². The average Bonchev–Trinajstić information content (AvgIpc) is 2.33. The number of thioether (sulfide) groups is 1. The number of alkyl halides is 2. The van der Waals surface area contributed by atoms with E-state index in [4.69, 9.17) is 5.11 Å². The molecule has 0 aromatic heterocycles. The van der Waals surface area contributed by atoms with Crippen molar-refractivity contribution in [3.63, 3.8) is 0 Å². The summed E-state index contributed by atoms with van der Waals surface area (Å²) in [4.78, 5) is 9.19. The number of carboxylic acids is 1. The molecule has 2 N–H and O–H groups in total. The summed E-state index contributed by atoms with van der Waals surface area (Å²) < 4.78 is 24.0. The molecule has 0 spiro atoms. The van der Waals surface area contributed by atoms with Gasteiger partial charge in [0.05, 0.1) is 5.70 Å². The van der Waals surface area contributed by atoms with E-state index in [0.29, 0.717) is 0 Å². The lowest BCUT2D eigenvalue weighted by Gasteiger charge is -2.19. The van der Waals surface area contributed by atoms with Gasteiger partial charge in [-0.25, -0.2) is 13.6 Å². The molecule has 1 rings (SSSR count). The van der Waals surface area contributed by atoms with Gasteiger partial charge in [-0.1, -0.05) is 11.8 Å². The zero-order valence-corrected chi connectivity index (χ0v) is 6.99. The molecule has 0 aromatic rings. The quantitative estimate of drug-likeness (QED) is 0.695. The van der Waals surface area contributed by atoms with Crippen molar-refractivity contribution in [3.05, 3.63) is 11.1 Å². The molecule has 6 heteroatoms. The van der Waals surface area contributed by atoms with Crippen LogP contribution in [0.15, 0.2) is 11.1 Å². The van der Waals surface area contributed by atoms with Crippen LogP contribution in [-0.4, -0.2) is 22.4 Å². The third-order valence-corrected chi connectivity index (χ3v) is 2.57. The van der Waals surface area contributed by atoms with Crippen molar-refractivity contribution < 1.29 is 18.7 Å². The number of carboxylic acid groups (broad SMARTS) is 1. The summed E-state index contributed by atoms with van der Waals surface area (Å²) in [6.07, 6.45) is -2.64. The lowest BCUT2D eigenvalue weighted by atomic mass is 10.3. The van der Waals surface area contributed by atoms with Crippen LogP contribution in [0.5, 0.6) is 0 Å². The van der Waals surface area contributed by atoms with Gasteiger partial charge in [-0.15, -0.1) is 0 Å². The van der Waals surface area contributed by atoms with Crippen LogP contribution >= 0.6 is 11.8 Å². The maximum absolute atomic E-state index is 12.0. The van der Waals surface area contributed by atoms with Gasteiger partial charge >= 0.3 is 5.97 Å². The minimum Gasteiger partial charge on any atom is -0.479 e. The Bertz CT molecular complexity index is 244. The topological polar surface area (TPSA) is 49.3 Å². The molecule has 1 unspecified atom stereocenters. The smallest absolute Gasteiger partial charge is 0.340 e. The largest absolute Gasteiger partial charge is 0.479 e. The third-order valence-electron chi connectivity index (χ3n) is 1.45. The van der Waals surface area contributed by atoms with E-state index >= 15 is 0 Å². The van der Waals surface area contributed by atoms with Gasteiger partial charge in [-0.05, 0) is 12.3 Å². The molecule has 0 bridgehead atoms. The van der Waals surface area contributed by atoms with E-state index in [0.717, 1.165) is 17.2 Å². The first-order valence-corrected chi connectivity index (χ1v) is 4.01. The van der Waals surface area contributed by atoms with Crippen molar-refractivity contribution in [2.75, 3.05) is 0 Å². The number of hydrogen-bond donors (Lipinski definition) is 2. The highest BCUT2D eigenvalue weighted by atomic mass is 32.2. The summed E-state index contributed by atoms with van der Waals surface area (Å²) >= 11 is 0.837. The van der Waals surface area contributed by atoms with Gasteiger partial charge in [0.15, 0.2) is 4.87 Å². The van der Waals surface area contributed by atoms with Gasteiger partial charge in [0.25, 0.3) is 6.43 Å². The Balaban J connectivity index is 2.68. The molecule has 0 saturated heterocycles. The highest BCUT2D eigenvalue weighted by Gasteiger charge is 2.39. The van der Waals surface area contributed by atoms with Crippen LogP contribution in [0.2, 0.25) is 0 Å². The predicted molar refractivity (Wildman–Crippen MR) is 40.9 cm³/mol. The SMILES string of the molecule is CC1(C(=O)O)NC(C(F)F)=CS1. The van der Waals surface area contributed by atoms with E-state index in [1.165, 1.54) is 6.92 Å². The first kappa shape index (κ1) is 9.31. The van der Waals surface area contributed by atoms with Crippen LogP contribution in [-0.2, 0) is 4.79 Å². The molecule has 0 saturated carbocycles. The number of rotatable bonds is 2. The van der Waals surface area contributed by atoms with E-state index in [1.807, 2.05) is 0 Å². The van der Waals surface area contributed by atoms with Crippen molar-refractivity contribution in [2.45, 2.75) is 18.2 Å². The zero-order valence-electron chi connectivity index (χ0n) is 6.17. The molecule has 1 aliphatic rings. The van der Waals surface area contributed by atoms with Gasteiger partial charge in [0, 0.05) is 0 Å². The summed E-state index contributed by atoms with van der Waals surface area (Å²) in [5, 5.41) is 12.0. The maximum Gasteiger partial charge on any atom is 0.340 e. The Morgan fingerprint density at radius 1 is 1.83 bits per heavy atom. The van der Waals surface area contributed by atoms with Crippen LogP contribution < -0.4 is 5.32 Å². The molecule has 1 heterocycles. The molecule has 0 aliphatic carbocycles. The van der Waals surface area contributed by atoms with Crippen molar-refractivity contribution >= 4 is 17.7 Å². The van der Waals surface area contributed by atoms with Gasteiger partial charge in [0.1, 0.15) is 0 Å². The van der Waals surface area contributed by atoms with Gasteiger partial charge in [-0.3, -0.25) is 0 Å². The Hall–Kier alpha value is -0.780. The second kappa shape index (κ2) is 2.93. The minimum absolute atomic E-state index is 0.329. The van der Waals surface area contributed by atoms with Gasteiger partial charge in [0.2, 0.25) is 0 Å². The van der Waals surface area contributed by atoms with Crippen LogP contribution in [0.3, 0.4) is 0 Å². The number of hydrogen-bond acceptors (Lipinski definition) is 3. The molecule has 3 nitrogen and oxygen atoms in total. The zero-order chi connectivity index (χ0) is 9.35. The summed E-state index contributed by atoms with van der Waals surface area (Å²) in [5.41, 5.74) is -0.329. The fourth-order valence-electron chi connectivity index (χ4n) is 0.726. The second-order valence-corrected chi connectivity index (χ2v) is 3.74. The average molecular weight is 195 g/mol. The molecule has 12 heavy (non-hydrogen) atoms. The van der Waals surface area contributed by atoms with E-state index in [2.05, 4.69) is 5.32 Å². The normalized spacial score (nSPS) is 28.5. The van der Waals surface area contributed by atoms with E-state index in [9.17, 15) is 13.6 Å². The van der Waals surface area contributed by atoms with Gasteiger partial charge in [-0.2, -0.15) is 0 Å². The Labute approximate surface area is 71.8 Å². The summed E-state index contributed by atoms with van der Waals surface area (Å²) in [6.45, 7) is 1.34. The number of carbonyl (C=O) groups is 1. The number of halogens is 2. The van der Waals surface area contributed by atoms with Crippen LogP contribution in [0.25, 0.3) is 0 Å². The Kier molecular flexibility index (Phi) is 2.27. The first-order chi connectivity index (χ1) is 5.46. The Morgan fingerprint density at radius 3 is 2.67 bits per heavy atom. The fourth-order valence-corrected chi connectivity index (χ4v) is 1.53. The van der Waals surface area contributed by atoms with Crippen LogP contribution in [0.4, 0.5) is 8.78 Å². The molecule has 68 valence electrons. The van der Waals surface area contributed by atoms with Crippen molar-refractivity contribution in [2.24, 2.45) is 0 Å². The third kappa shape index (κ3) is 1.52. The van der Waals surface area contributed by atoms with Gasteiger partial charge < -0.3 is 10.4 Å². The standard InChI is InChI=1S/C6H7F2NO2S/c1-6(5(10)11)9-3(2-12-6)4(7)8/h2,4,9H,1H3,(H,10,11). The molecular weight excluding hydrogens is 188 g/mol. The minimum atomic E-state index is -2.64.